The minimum atomic E-state index is 0.279. The van der Waals surface area contributed by atoms with E-state index in [1.807, 2.05) is 23.1 Å². The molecule has 1 aromatic heterocycles. The number of fused-ring (bicyclic) bond motifs is 2. The van der Waals surface area contributed by atoms with Crippen LogP contribution < -0.4 is 15.8 Å². The van der Waals surface area contributed by atoms with Crippen LogP contribution in [0.5, 0.6) is 0 Å². The Kier molecular flexibility index (Phi) is 5.11. The standard InChI is InChI=1S/C31H24BNS2/c1-21-12-14-27-29(18-21)33(24-10-6-3-7-11-24)28-16-17-34-31(28)32(27)23-13-15-30-25(19-23)26(20-35-30)22-8-4-2-5-9-22/h2-15,18-20H,16-17H2,1H3. The maximum Gasteiger partial charge on any atom is 0.254 e. The molecule has 0 radical (unpaired) electrons. The minimum absolute atomic E-state index is 0.279. The largest absolute Gasteiger partial charge is 0.315 e. The van der Waals surface area contributed by atoms with Crippen LogP contribution in [0.2, 0.25) is 0 Å². The quantitative estimate of drug-likeness (QED) is 0.243. The number of allylic oxidation sites excluding steroid dienone is 1. The second-order valence-electron chi connectivity index (χ2n) is 9.35. The van der Waals surface area contributed by atoms with E-state index in [9.17, 15) is 0 Å². The summed E-state index contributed by atoms with van der Waals surface area (Å²) >= 11 is 3.89. The van der Waals surface area contributed by atoms with Crippen LogP contribution in [-0.4, -0.2) is 12.5 Å². The number of aryl methyl sites for hydroxylation is 1. The molecule has 168 valence electrons. The number of nitrogens with zero attached hydrogens (tertiary/aromatic N) is 1. The van der Waals surface area contributed by atoms with Crippen LogP contribution >= 0.6 is 23.1 Å². The highest BCUT2D eigenvalue weighted by Crippen LogP contribution is 2.45. The third kappa shape index (κ3) is 3.47. The summed E-state index contributed by atoms with van der Waals surface area (Å²) in [6.07, 6.45) is 1.11. The van der Waals surface area contributed by atoms with Crippen molar-refractivity contribution >= 4 is 62.2 Å². The van der Waals surface area contributed by atoms with Gasteiger partial charge in [0.2, 0.25) is 0 Å². The Morgan fingerprint density at radius 3 is 2.46 bits per heavy atom. The molecule has 0 saturated heterocycles. The Morgan fingerprint density at radius 2 is 1.63 bits per heavy atom. The van der Waals surface area contributed by atoms with Gasteiger partial charge >= 0.3 is 0 Å². The van der Waals surface area contributed by atoms with Gasteiger partial charge in [-0.2, -0.15) is 0 Å². The number of benzene rings is 4. The van der Waals surface area contributed by atoms with E-state index in [0.717, 1.165) is 12.2 Å². The zero-order valence-corrected chi connectivity index (χ0v) is 21.2. The van der Waals surface area contributed by atoms with Crippen LogP contribution in [0, 0.1) is 6.92 Å². The fourth-order valence-electron chi connectivity index (χ4n) is 5.58. The first-order chi connectivity index (χ1) is 17.3. The maximum absolute atomic E-state index is 2.52. The minimum Gasteiger partial charge on any atom is -0.315 e. The van der Waals surface area contributed by atoms with Crippen LogP contribution in [0.1, 0.15) is 12.0 Å². The summed E-state index contributed by atoms with van der Waals surface area (Å²) in [5.74, 6) is 1.15. The summed E-state index contributed by atoms with van der Waals surface area (Å²) in [6.45, 7) is 2.48. The third-order valence-corrected chi connectivity index (χ3v) is 9.33. The highest BCUT2D eigenvalue weighted by molar-refractivity contribution is 8.05. The number of thioether (sulfide) groups is 1. The molecule has 0 aliphatic carbocycles. The van der Waals surface area contributed by atoms with Gasteiger partial charge in [0.1, 0.15) is 0 Å². The van der Waals surface area contributed by atoms with Crippen molar-refractivity contribution in [3.05, 3.63) is 119 Å². The molecule has 3 heterocycles. The molecule has 0 bridgehead atoms. The lowest BCUT2D eigenvalue weighted by Crippen LogP contribution is -2.49. The van der Waals surface area contributed by atoms with Crippen molar-refractivity contribution in [1.29, 1.82) is 0 Å². The number of hydrogen-bond donors (Lipinski definition) is 0. The number of thiophene rings is 1. The van der Waals surface area contributed by atoms with E-state index in [1.165, 1.54) is 59.6 Å². The van der Waals surface area contributed by atoms with Crippen LogP contribution in [0.25, 0.3) is 21.2 Å². The fourth-order valence-corrected chi connectivity index (χ4v) is 7.84. The first-order valence-corrected chi connectivity index (χ1v) is 14.0. The van der Waals surface area contributed by atoms with Gasteiger partial charge in [-0.1, -0.05) is 78.3 Å². The van der Waals surface area contributed by atoms with E-state index < -0.39 is 0 Å². The van der Waals surface area contributed by atoms with Crippen LogP contribution in [-0.2, 0) is 0 Å². The van der Waals surface area contributed by atoms with Gasteiger partial charge in [-0.15, -0.1) is 23.1 Å². The molecule has 4 heteroatoms. The van der Waals surface area contributed by atoms with Crippen molar-refractivity contribution < 1.29 is 0 Å². The van der Waals surface area contributed by atoms with Gasteiger partial charge in [0, 0.05) is 33.1 Å². The van der Waals surface area contributed by atoms with Crippen molar-refractivity contribution in [1.82, 2.24) is 0 Å². The Morgan fingerprint density at radius 1 is 0.829 bits per heavy atom. The molecule has 0 unspecified atom stereocenters. The average Bonchev–Trinajstić information content (AvgIpc) is 3.55. The monoisotopic (exact) mass is 485 g/mol. The summed E-state index contributed by atoms with van der Waals surface area (Å²) in [4.78, 5) is 4.04. The fraction of sp³-hybridized carbons (Fsp3) is 0.0968. The predicted octanol–water partition coefficient (Wildman–Crippen LogP) is 7.53. The molecule has 1 nitrogen and oxygen atoms in total. The van der Waals surface area contributed by atoms with Crippen LogP contribution in [0.3, 0.4) is 0 Å². The summed E-state index contributed by atoms with van der Waals surface area (Å²) in [6, 6.07) is 35.9. The first-order valence-electron chi connectivity index (χ1n) is 12.2. The molecule has 0 saturated carbocycles. The molecule has 2 aliphatic heterocycles. The average molecular weight is 485 g/mol. The highest BCUT2D eigenvalue weighted by atomic mass is 32.2. The van der Waals surface area contributed by atoms with Crippen molar-refractivity contribution in [2.24, 2.45) is 0 Å². The van der Waals surface area contributed by atoms with E-state index >= 15 is 0 Å². The Balaban J connectivity index is 1.44. The van der Waals surface area contributed by atoms with Gasteiger partial charge in [0.25, 0.3) is 6.71 Å². The number of anilines is 2. The number of hydrogen-bond acceptors (Lipinski definition) is 3. The third-order valence-electron chi connectivity index (χ3n) is 7.18. The van der Waals surface area contributed by atoms with E-state index in [-0.39, 0.29) is 6.71 Å². The van der Waals surface area contributed by atoms with Gasteiger partial charge in [0.15, 0.2) is 0 Å². The first kappa shape index (κ1) is 21.1. The lowest BCUT2D eigenvalue weighted by molar-refractivity contribution is 1.04. The summed E-state index contributed by atoms with van der Waals surface area (Å²) in [5, 5.41) is 3.68. The number of rotatable bonds is 3. The second-order valence-corrected chi connectivity index (χ2v) is 11.4. The highest BCUT2D eigenvalue weighted by Gasteiger charge is 2.39. The van der Waals surface area contributed by atoms with Crippen molar-refractivity contribution in [2.75, 3.05) is 10.7 Å². The molecule has 4 aromatic carbocycles. The summed E-state index contributed by atoms with van der Waals surface area (Å²) in [7, 11) is 0. The lowest BCUT2D eigenvalue weighted by Gasteiger charge is -2.36. The summed E-state index contributed by atoms with van der Waals surface area (Å²) in [5.41, 5.74) is 10.8. The van der Waals surface area contributed by atoms with Crippen LogP contribution in [0.15, 0.2) is 113 Å². The molecular weight excluding hydrogens is 461 g/mol. The molecule has 0 amide bonds. The van der Waals surface area contributed by atoms with Crippen molar-refractivity contribution in [2.45, 2.75) is 13.3 Å². The Hall–Kier alpha value is -3.21. The predicted molar refractivity (Wildman–Crippen MR) is 156 cm³/mol. The van der Waals surface area contributed by atoms with Crippen molar-refractivity contribution in [3.63, 3.8) is 0 Å². The molecule has 0 fully saturated rings. The van der Waals surface area contributed by atoms with Gasteiger partial charge in [-0.05, 0) is 69.8 Å². The molecule has 7 rings (SSSR count). The zero-order chi connectivity index (χ0) is 23.4. The Bertz CT molecular complexity index is 1590. The van der Waals surface area contributed by atoms with Gasteiger partial charge in [-0.3, -0.25) is 0 Å². The van der Waals surface area contributed by atoms with Crippen molar-refractivity contribution in [3.8, 4) is 11.1 Å². The smallest absolute Gasteiger partial charge is 0.254 e. The normalized spacial score (nSPS) is 15.0. The van der Waals surface area contributed by atoms with Gasteiger partial charge in [-0.25, -0.2) is 0 Å². The van der Waals surface area contributed by atoms with E-state index in [2.05, 4.69) is 114 Å². The Labute approximate surface area is 215 Å². The lowest BCUT2D eigenvalue weighted by atomic mass is 9.38. The molecule has 0 N–H and O–H groups in total. The molecular formula is C31H24BNS2. The molecule has 5 aromatic rings. The molecule has 0 spiro atoms. The van der Waals surface area contributed by atoms with Crippen LogP contribution in [0.4, 0.5) is 11.4 Å². The van der Waals surface area contributed by atoms with E-state index in [4.69, 9.17) is 0 Å². The SMILES string of the molecule is Cc1ccc2c(c1)N(c1ccccc1)C1=C(SCC1)B2c1ccc2scc(-c3ccccc3)c2c1. The molecule has 35 heavy (non-hydrogen) atoms. The molecule has 0 atom stereocenters. The molecule has 2 aliphatic rings. The topological polar surface area (TPSA) is 3.24 Å². The summed E-state index contributed by atoms with van der Waals surface area (Å²) < 4.78 is 1.35. The van der Waals surface area contributed by atoms with Gasteiger partial charge in [0.05, 0.1) is 0 Å². The second kappa shape index (κ2) is 8.48. The van der Waals surface area contributed by atoms with Gasteiger partial charge < -0.3 is 4.90 Å². The van der Waals surface area contributed by atoms with E-state index in [0.29, 0.717) is 0 Å². The number of para-hydroxylation sites is 1. The zero-order valence-electron chi connectivity index (χ0n) is 19.6. The maximum atomic E-state index is 2.52. The van der Waals surface area contributed by atoms with E-state index in [1.54, 1.807) is 0 Å².